The second kappa shape index (κ2) is 5.42. The normalized spacial score (nSPS) is 23.8. The fourth-order valence-electron chi connectivity index (χ4n) is 2.89. The Labute approximate surface area is 107 Å². The van der Waals surface area contributed by atoms with Crippen LogP contribution in [0.1, 0.15) is 0 Å². The van der Waals surface area contributed by atoms with Crippen LogP contribution in [0.15, 0.2) is 0 Å². The van der Waals surface area contributed by atoms with Gasteiger partial charge in [0.2, 0.25) is 0 Å². The van der Waals surface area contributed by atoms with E-state index < -0.39 is 0 Å². The maximum Gasteiger partial charge on any atom is 0.356 e. The molecule has 0 aliphatic carbocycles. The molecule has 12 heteroatoms. The molecule has 0 spiro atoms. The van der Waals surface area contributed by atoms with Crippen LogP contribution in [-0.4, -0.2) is 46.7 Å². The van der Waals surface area contributed by atoms with E-state index in [1.165, 1.54) is 0 Å². The average molecular weight is 229 g/mol. The highest BCUT2D eigenvalue weighted by atomic mass is 15.2. The standard InChI is InChI=1S/C5H20B6N6/c1-6-12-7(2)16-11(15-6)17-9(4)13-8(3)14-10(17)5/h12-16H,1-5H3. The van der Waals surface area contributed by atoms with E-state index in [-0.39, 0.29) is 7.12 Å². The van der Waals surface area contributed by atoms with Crippen LogP contribution in [0.3, 0.4) is 0 Å². The summed E-state index contributed by atoms with van der Waals surface area (Å²) in [4.78, 5) is 0. The monoisotopic (exact) mass is 230 g/mol. The molecule has 5 N–H and O–H groups in total. The Hall–Kier alpha value is 0.150. The first kappa shape index (κ1) is 13.6. The third-order valence-corrected chi connectivity index (χ3v) is 3.49. The molecule has 0 saturated carbocycles. The van der Waals surface area contributed by atoms with Crippen molar-refractivity contribution >= 4 is 42.0 Å². The Bertz CT molecular complexity index is 249. The van der Waals surface area contributed by atoms with E-state index in [1.807, 2.05) is 0 Å². The Morgan fingerprint density at radius 1 is 0.588 bits per heavy atom. The van der Waals surface area contributed by atoms with Crippen LogP contribution in [0.5, 0.6) is 0 Å². The maximum atomic E-state index is 3.52. The van der Waals surface area contributed by atoms with Gasteiger partial charge in [0.05, 0.1) is 0 Å². The molecule has 2 rings (SSSR count). The lowest BCUT2D eigenvalue weighted by atomic mass is 9.41. The molecule has 0 unspecified atom stereocenters. The highest BCUT2D eigenvalue weighted by Gasteiger charge is 2.43. The minimum atomic E-state index is 0.179. The smallest absolute Gasteiger partial charge is 0.356 e. The predicted octanol–water partition coefficient (Wildman–Crippen LogP) is -2.16. The average Bonchev–Trinajstić information content (AvgIpc) is 2.13. The summed E-state index contributed by atoms with van der Waals surface area (Å²) in [6, 6.07) is 0. The van der Waals surface area contributed by atoms with Crippen molar-refractivity contribution in [3.63, 3.8) is 0 Å². The number of hydrogen-bond acceptors (Lipinski definition) is 6. The zero-order chi connectivity index (χ0) is 12.6. The van der Waals surface area contributed by atoms with Gasteiger partial charge in [-0.1, -0.05) is 34.1 Å². The fraction of sp³-hybridized carbons (Fsp3) is 1.00. The first-order valence-electron chi connectivity index (χ1n) is 6.55. The molecular weight excluding hydrogens is 209 g/mol. The second-order valence-electron chi connectivity index (χ2n) is 5.20. The summed E-state index contributed by atoms with van der Waals surface area (Å²) in [6.45, 7) is 12.5. The Morgan fingerprint density at radius 3 is 1.47 bits per heavy atom. The number of nitrogens with zero attached hydrogens (tertiary/aromatic N) is 1. The van der Waals surface area contributed by atoms with Gasteiger partial charge in [0.15, 0.2) is 0 Å². The van der Waals surface area contributed by atoms with Gasteiger partial charge in [-0.3, -0.25) is 0 Å². The molecule has 0 aromatic rings. The van der Waals surface area contributed by atoms with Gasteiger partial charge in [-0.05, 0) is 0 Å². The fourth-order valence-corrected chi connectivity index (χ4v) is 2.89. The molecule has 0 bridgehead atoms. The maximum absolute atomic E-state index is 3.52. The summed E-state index contributed by atoms with van der Waals surface area (Å²) in [5.41, 5.74) is 0. The SMILES string of the molecule is CB1NB(C)N(B2NB(C)NB(C)N2)B(C)N1. The lowest BCUT2D eigenvalue weighted by Crippen LogP contribution is -2.86. The quantitative estimate of drug-likeness (QED) is 0.330. The van der Waals surface area contributed by atoms with Crippen LogP contribution in [0.2, 0.25) is 34.1 Å². The van der Waals surface area contributed by atoms with Crippen molar-refractivity contribution in [3.05, 3.63) is 0 Å². The third kappa shape index (κ3) is 3.13. The van der Waals surface area contributed by atoms with E-state index in [9.17, 15) is 0 Å². The number of rotatable bonds is 1. The Kier molecular flexibility index (Phi) is 4.33. The summed E-state index contributed by atoms with van der Waals surface area (Å²) in [5.74, 6) is 0. The van der Waals surface area contributed by atoms with Crippen LogP contribution < -0.4 is 25.7 Å². The van der Waals surface area contributed by atoms with Crippen LogP contribution in [0, 0.1) is 0 Å². The molecule has 2 aliphatic rings. The molecule has 0 atom stereocenters. The predicted molar refractivity (Wildman–Crippen MR) is 81.4 cm³/mol. The van der Waals surface area contributed by atoms with Gasteiger partial charge in [-0.2, -0.15) is 0 Å². The zero-order valence-electron chi connectivity index (χ0n) is 11.4. The lowest BCUT2D eigenvalue weighted by molar-refractivity contribution is 0.859. The number of nitrogens with one attached hydrogen (secondary N) is 5. The first-order valence-corrected chi connectivity index (χ1v) is 6.55. The van der Waals surface area contributed by atoms with Crippen LogP contribution in [0.4, 0.5) is 0 Å². The van der Waals surface area contributed by atoms with Crippen molar-refractivity contribution in [1.82, 2.24) is 30.3 Å². The molecule has 0 aromatic heterocycles. The van der Waals surface area contributed by atoms with Crippen molar-refractivity contribution in [2.45, 2.75) is 34.1 Å². The van der Waals surface area contributed by atoms with Crippen molar-refractivity contribution in [2.75, 3.05) is 0 Å². The van der Waals surface area contributed by atoms with Gasteiger partial charge in [0.25, 0.3) is 34.9 Å². The Balaban J connectivity index is 2.04. The molecule has 2 heterocycles. The molecule has 2 saturated heterocycles. The molecular formula is C5H20B6N6. The van der Waals surface area contributed by atoms with Crippen molar-refractivity contribution in [1.29, 1.82) is 0 Å². The van der Waals surface area contributed by atoms with Crippen molar-refractivity contribution in [2.24, 2.45) is 0 Å². The van der Waals surface area contributed by atoms with Crippen molar-refractivity contribution in [3.8, 4) is 0 Å². The van der Waals surface area contributed by atoms with Gasteiger partial charge in [0.1, 0.15) is 0 Å². The minimum absolute atomic E-state index is 0.179. The van der Waals surface area contributed by atoms with E-state index in [4.69, 9.17) is 0 Å². The lowest BCUT2D eigenvalue weighted by Gasteiger charge is -2.45. The van der Waals surface area contributed by atoms with Gasteiger partial charge in [-0.15, -0.1) is 0 Å². The largest absolute Gasteiger partial charge is 0.373 e. The molecule has 0 aromatic carbocycles. The van der Waals surface area contributed by atoms with Gasteiger partial charge in [-0.25, -0.2) is 0 Å². The highest BCUT2D eigenvalue weighted by Crippen LogP contribution is 2.04. The molecule has 6 nitrogen and oxygen atoms in total. The van der Waals surface area contributed by atoms with E-state index in [1.54, 1.807) is 0 Å². The summed E-state index contributed by atoms with van der Waals surface area (Å²) < 4.78 is 2.38. The Morgan fingerprint density at radius 2 is 1.00 bits per heavy atom. The van der Waals surface area contributed by atoms with Gasteiger partial charge >= 0.3 is 7.12 Å². The minimum Gasteiger partial charge on any atom is -0.373 e. The first-order chi connectivity index (χ1) is 7.97. The zero-order valence-corrected chi connectivity index (χ0v) is 11.4. The van der Waals surface area contributed by atoms with E-state index in [0.29, 0.717) is 34.9 Å². The molecule has 2 aliphatic heterocycles. The summed E-state index contributed by atoms with van der Waals surface area (Å²) in [7, 11) is 0.179. The van der Waals surface area contributed by atoms with Crippen molar-refractivity contribution < 1.29 is 0 Å². The van der Waals surface area contributed by atoms with Gasteiger partial charge < -0.3 is 30.3 Å². The second-order valence-corrected chi connectivity index (χ2v) is 5.20. The van der Waals surface area contributed by atoms with Gasteiger partial charge in [0, 0.05) is 0 Å². The molecule has 2 fully saturated rings. The molecule has 0 radical (unpaired) electrons. The molecule has 88 valence electrons. The number of hydrogen-bond donors (Lipinski definition) is 5. The topological polar surface area (TPSA) is 63.4 Å². The van der Waals surface area contributed by atoms with Crippen LogP contribution >= 0.6 is 0 Å². The van der Waals surface area contributed by atoms with E-state index in [0.717, 1.165) is 0 Å². The molecule has 17 heavy (non-hydrogen) atoms. The van der Waals surface area contributed by atoms with Crippen LogP contribution in [-0.2, 0) is 0 Å². The third-order valence-electron chi connectivity index (χ3n) is 3.49. The van der Waals surface area contributed by atoms with E-state index in [2.05, 4.69) is 64.4 Å². The summed E-state index contributed by atoms with van der Waals surface area (Å²) in [5, 5.41) is 17.4. The summed E-state index contributed by atoms with van der Waals surface area (Å²) >= 11 is 0. The highest BCUT2D eigenvalue weighted by molar-refractivity contribution is 6.97. The van der Waals surface area contributed by atoms with Crippen LogP contribution in [0.25, 0.3) is 0 Å². The van der Waals surface area contributed by atoms with E-state index >= 15 is 0 Å². The molecule has 0 amide bonds. The summed E-state index contributed by atoms with van der Waals surface area (Å²) in [6.07, 6.45) is 0.